The average molecular weight is 864 g/mol. The molecule has 2 aromatic heterocycles. The fourth-order valence-corrected chi connectivity index (χ4v) is 7.00. The van der Waals surface area contributed by atoms with E-state index < -0.39 is 41.3 Å². The van der Waals surface area contributed by atoms with Crippen LogP contribution in [0.4, 0.5) is 26.3 Å². The molecule has 0 spiro atoms. The van der Waals surface area contributed by atoms with Crippen LogP contribution in [0.25, 0.3) is 44.2 Å². The lowest BCUT2D eigenvalue weighted by molar-refractivity contribution is -0.139. The monoisotopic (exact) mass is 863 g/mol. The van der Waals surface area contributed by atoms with Crippen molar-refractivity contribution in [3.8, 4) is 22.3 Å². The number of amides is 1. The number of hydrogen-bond acceptors (Lipinski definition) is 6. The molecule has 63 heavy (non-hydrogen) atoms. The summed E-state index contributed by atoms with van der Waals surface area (Å²) in [6, 6.07) is 38.2. The van der Waals surface area contributed by atoms with Gasteiger partial charge in [-0.2, -0.15) is 26.3 Å². The van der Waals surface area contributed by atoms with Crippen molar-refractivity contribution in [3.63, 3.8) is 0 Å². The summed E-state index contributed by atoms with van der Waals surface area (Å²) in [6.45, 7) is -0.240. The molecule has 2 heterocycles. The van der Waals surface area contributed by atoms with Gasteiger partial charge in [0.25, 0.3) is 5.91 Å². The number of fused-ring (bicyclic) bond motifs is 2. The second kappa shape index (κ2) is 18.2. The first kappa shape index (κ1) is 43.5. The molecular weight excluding hydrogens is 829 g/mol. The number of carboxylic acids is 1. The number of hydrogen-bond donors (Lipinski definition) is 2. The molecule has 0 fully saturated rings. The number of alkyl halides is 6. The van der Waals surface area contributed by atoms with Crippen LogP contribution < -0.4 is 5.32 Å². The molecule has 8 aromatic rings. The minimum Gasteiger partial charge on any atom is -0.478 e. The summed E-state index contributed by atoms with van der Waals surface area (Å²) in [5.41, 5.74) is 4.37. The van der Waals surface area contributed by atoms with Crippen LogP contribution in [0, 0.1) is 0 Å². The van der Waals surface area contributed by atoms with E-state index in [1.165, 1.54) is 25.3 Å². The summed E-state index contributed by atoms with van der Waals surface area (Å²) in [5, 5.41) is 13.3. The Kier molecular flexibility index (Phi) is 12.5. The van der Waals surface area contributed by atoms with Gasteiger partial charge in [0.2, 0.25) is 0 Å². The predicted octanol–water partition coefficient (Wildman–Crippen LogP) is 12.0. The Hall–Kier alpha value is -7.61. The highest BCUT2D eigenvalue weighted by molar-refractivity contribution is 6.00. The maximum absolute atomic E-state index is 13.0. The van der Waals surface area contributed by atoms with Crippen molar-refractivity contribution in [2.45, 2.75) is 25.2 Å². The Bertz CT molecular complexity index is 2960. The highest BCUT2D eigenvalue weighted by atomic mass is 19.4. The summed E-state index contributed by atoms with van der Waals surface area (Å²) in [7, 11) is 1.24. The smallest absolute Gasteiger partial charge is 0.416 e. The Labute approximate surface area is 355 Å². The molecule has 320 valence electrons. The number of carboxylic acid groups (broad SMARTS) is 1. The first-order valence-electron chi connectivity index (χ1n) is 19.2. The van der Waals surface area contributed by atoms with Gasteiger partial charge >= 0.3 is 24.3 Å². The standard InChI is InChI=1S/C26H20F3NO4.C23H15F3O3/c1-33-24(31)15-30-25(32)18-7-3-6-17(13-18)21-9-4-10-23-22(21)14-20(34-23)12-16-5-2-8-19(11-16)26(27,28)29;24-23(25,26)17-7-1-4-14(10-17)11-18-13-20-19(8-3-9-21(20)29-18)15-5-2-6-16(12-15)22(27)28/h2-11,13-14H,12,15H2,1H3,(H,30,32);1-10,12-13H,11H2,(H,27,28). The molecule has 0 radical (unpaired) electrons. The van der Waals surface area contributed by atoms with Gasteiger partial charge in [0.05, 0.1) is 23.8 Å². The van der Waals surface area contributed by atoms with Gasteiger partial charge in [-0.3, -0.25) is 9.59 Å². The number of benzene rings is 6. The van der Waals surface area contributed by atoms with Crippen molar-refractivity contribution >= 4 is 39.8 Å². The number of halogens is 6. The second-order valence-corrected chi connectivity index (χ2v) is 14.3. The normalized spacial score (nSPS) is 11.5. The lowest BCUT2D eigenvalue weighted by atomic mass is 9.99. The average Bonchev–Trinajstić information content (AvgIpc) is 3.88. The Balaban J connectivity index is 0.000000191. The zero-order chi connectivity index (χ0) is 44.9. The Morgan fingerprint density at radius 2 is 1.02 bits per heavy atom. The topological polar surface area (TPSA) is 119 Å². The molecule has 8 nitrogen and oxygen atoms in total. The molecule has 0 aliphatic heterocycles. The highest BCUT2D eigenvalue weighted by Crippen LogP contribution is 2.36. The first-order valence-corrected chi connectivity index (χ1v) is 19.2. The highest BCUT2D eigenvalue weighted by Gasteiger charge is 2.31. The molecular formula is C49H35F6NO7. The first-order chi connectivity index (χ1) is 30.0. The molecule has 0 atom stereocenters. The summed E-state index contributed by atoms with van der Waals surface area (Å²) in [4.78, 5) is 34.9. The molecule has 0 aliphatic carbocycles. The van der Waals surface area contributed by atoms with Crippen LogP contribution in [0.1, 0.15) is 54.5 Å². The summed E-state index contributed by atoms with van der Waals surface area (Å²) >= 11 is 0. The van der Waals surface area contributed by atoms with Crippen molar-refractivity contribution in [2.24, 2.45) is 0 Å². The SMILES string of the molecule is COC(=O)CNC(=O)c1cccc(-c2cccc3oc(Cc4cccc(C(F)(F)F)c4)cc23)c1.O=C(O)c1cccc(-c2cccc3oc(Cc4cccc(C(F)(F)F)c4)cc23)c1. The summed E-state index contributed by atoms with van der Waals surface area (Å²) < 4.78 is 94.2. The lowest BCUT2D eigenvalue weighted by Crippen LogP contribution is -2.30. The number of esters is 1. The minimum atomic E-state index is -4.41. The lowest BCUT2D eigenvalue weighted by Gasteiger charge is -2.07. The van der Waals surface area contributed by atoms with Crippen LogP contribution in [0.3, 0.4) is 0 Å². The van der Waals surface area contributed by atoms with Crippen molar-refractivity contribution in [2.75, 3.05) is 13.7 Å². The Morgan fingerprint density at radius 1 is 0.571 bits per heavy atom. The Morgan fingerprint density at radius 3 is 1.48 bits per heavy atom. The maximum atomic E-state index is 13.0. The third-order valence-electron chi connectivity index (χ3n) is 9.97. The van der Waals surface area contributed by atoms with Crippen LogP contribution in [0.15, 0.2) is 154 Å². The summed E-state index contributed by atoms with van der Waals surface area (Å²) in [5.74, 6) is -0.941. The maximum Gasteiger partial charge on any atom is 0.416 e. The van der Waals surface area contributed by atoms with Crippen molar-refractivity contribution in [3.05, 3.63) is 190 Å². The van der Waals surface area contributed by atoms with E-state index in [0.717, 1.165) is 57.3 Å². The van der Waals surface area contributed by atoms with E-state index in [2.05, 4.69) is 10.1 Å². The minimum absolute atomic E-state index is 0.173. The zero-order valence-electron chi connectivity index (χ0n) is 33.1. The zero-order valence-corrected chi connectivity index (χ0v) is 33.1. The number of rotatable bonds is 10. The third-order valence-corrected chi connectivity index (χ3v) is 9.97. The quantitative estimate of drug-likeness (QED) is 0.104. The molecule has 8 rings (SSSR count). The fraction of sp³-hybridized carbons (Fsp3) is 0.122. The van der Waals surface area contributed by atoms with E-state index in [0.29, 0.717) is 39.4 Å². The number of ether oxygens (including phenoxy) is 1. The second-order valence-electron chi connectivity index (χ2n) is 14.3. The van der Waals surface area contributed by atoms with E-state index >= 15 is 0 Å². The summed E-state index contributed by atoms with van der Waals surface area (Å²) in [6.07, 6.45) is -8.39. The van der Waals surface area contributed by atoms with Gasteiger partial charge in [0.1, 0.15) is 29.2 Å². The number of furan rings is 2. The van der Waals surface area contributed by atoms with Gasteiger partial charge in [-0.1, -0.05) is 84.9 Å². The van der Waals surface area contributed by atoms with E-state index in [1.807, 2.05) is 18.2 Å². The van der Waals surface area contributed by atoms with Crippen LogP contribution >= 0.6 is 0 Å². The molecule has 0 aliphatic rings. The van der Waals surface area contributed by atoms with Gasteiger partial charge in [0.15, 0.2) is 0 Å². The molecule has 2 N–H and O–H groups in total. The van der Waals surface area contributed by atoms with Crippen LogP contribution in [-0.4, -0.2) is 36.6 Å². The molecule has 0 saturated heterocycles. The van der Waals surface area contributed by atoms with Crippen molar-refractivity contribution in [1.29, 1.82) is 0 Å². The van der Waals surface area contributed by atoms with Gasteiger partial charge in [-0.05, 0) is 94.0 Å². The van der Waals surface area contributed by atoms with Crippen LogP contribution in [0.5, 0.6) is 0 Å². The molecule has 1 amide bonds. The van der Waals surface area contributed by atoms with Crippen molar-refractivity contribution < 1.29 is 59.4 Å². The van der Waals surface area contributed by atoms with Gasteiger partial charge in [0, 0.05) is 29.2 Å². The number of methoxy groups -OCH3 is 1. The number of carbonyl (C=O) groups is 3. The predicted molar refractivity (Wildman–Crippen MR) is 223 cm³/mol. The molecule has 0 unspecified atom stereocenters. The van der Waals surface area contributed by atoms with Crippen LogP contribution in [-0.2, 0) is 34.7 Å². The number of aromatic carboxylic acids is 1. The van der Waals surface area contributed by atoms with E-state index in [9.17, 15) is 45.8 Å². The largest absolute Gasteiger partial charge is 0.478 e. The van der Waals surface area contributed by atoms with E-state index in [1.54, 1.807) is 84.9 Å². The number of carbonyl (C=O) groups excluding carboxylic acids is 2. The molecule has 6 aromatic carbocycles. The van der Waals surface area contributed by atoms with Gasteiger partial charge in [-0.15, -0.1) is 0 Å². The van der Waals surface area contributed by atoms with Crippen LogP contribution in [0.2, 0.25) is 0 Å². The fourth-order valence-electron chi connectivity index (χ4n) is 7.00. The van der Waals surface area contributed by atoms with E-state index in [4.69, 9.17) is 8.83 Å². The molecule has 0 bridgehead atoms. The number of nitrogens with one attached hydrogen (secondary N) is 1. The third kappa shape index (κ3) is 10.5. The van der Waals surface area contributed by atoms with E-state index in [-0.39, 0.29) is 24.9 Å². The van der Waals surface area contributed by atoms with Gasteiger partial charge < -0.3 is 24.0 Å². The molecule has 0 saturated carbocycles. The molecule has 14 heteroatoms. The van der Waals surface area contributed by atoms with Crippen molar-refractivity contribution in [1.82, 2.24) is 5.32 Å². The van der Waals surface area contributed by atoms with Gasteiger partial charge in [-0.25, -0.2) is 4.79 Å².